The van der Waals surface area contributed by atoms with Crippen LogP contribution in [0.1, 0.15) is 30.1 Å². The number of benzene rings is 1. The molecule has 5 heteroatoms. The van der Waals surface area contributed by atoms with Crippen molar-refractivity contribution < 1.29 is 19.4 Å². The number of hydrogen-bond acceptors (Lipinski definition) is 4. The van der Waals surface area contributed by atoms with Crippen LogP contribution in [0.5, 0.6) is 11.5 Å². The van der Waals surface area contributed by atoms with Gasteiger partial charge in [-0.05, 0) is 31.9 Å². The largest absolute Gasteiger partial charge is 0.507 e. The van der Waals surface area contributed by atoms with Gasteiger partial charge in [0.25, 0.3) is 5.91 Å². The van der Waals surface area contributed by atoms with E-state index in [0.29, 0.717) is 31.0 Å². The second-order valence-corrected chi connectivity index (χ2v) is 4.83. The first-order valence-electron chi connectivity index (χ1n) is 6.93. The van der Waals surface area contributed by atoms with Crippen molar-refractivity contribution in [1.82, 2.24) is 4.90 Å². The number of ether oxygens (including phenoxy) is 2. The Morgan fingerprint density at radius 1 is 1.40 bits per heavy atom. The maximum atomic E-state index is 12.4. The maximum Gasteiger partial charge on any atom is 0.257 e. The lowest BCUT2D eigenvalue weighted by molar-refractivity contribution is 0.0145. The van der Waals surface area contributed by atoms with Crippen molar-refractivity contribution in [2.24, 2.45) is 0 Å². The number of phenolic OH excluding ortho intramolecular Hbond substituents is 1. The number of rotatable bonds is 4. The molecule has 1 N–H and O–H groups in total. The van der Waals surface area contributed by atoms with E-state index < -0.39 is 0 Å². The van der Waals surface area contributed by atoms with E-state index in [-0.39, 0.29) is 17.8 Å². The predicted octanol–water partition coefficient (Wildman–Crippen LogP) is 2.04. The molecule has 0 spiro atoms. The normalized spacial score (nSPS) is 16.2. The molecule has 1 aromatic rings. The van der Waals surface area contributed by atoms with Crippen molar-refractivity contribution in [2.45, 2.75) is 25.9 Å². The van der Waals surface area contributed by atoms with Gasteiger partial charge in [-0.25, -0.2) is 0 Å². The Hall–Kier alpha value is -1.75. The SMILES string of the molecule is CCOC1CCN(C(=O)c2ccc(OC)cc2O)CC1. The summed E-state index contributed by atoms with van der Waals surface area (Å²) in [5.74, 6) is 0.357. The minimum Gasteiger partial charge on any atom is -0.507 e. The van der Waals surface area contributed by atoms with E-state index in [1.165, 1.54) is 13.2 Å². The Kier molecular flexibility index (Phi) is 4.84. The van der Waals surface area contributed by atoms with E-state index in [4.69, 9.17) is 9.47 Å². The van der Waals surface area contributed by atoms with Gasteiger partial charge in [0.15, 0.2) is 0 Å². The van der Waals surface area contributed by atoms with Gasteiger partial charge < -0.3 is 19.5 Å². The van der Waals surface area contributed by atoms with Crippen molar-refractivity contribution in [3.63, 3.8) is 0 Å². The zero-order valence-electron chi connectivity index (χ0n) is 12.0. The molecule has 1 aromatic carbocycles. The highest BCUT2D eigenvalue weighted by Crippen LogP contribution is 2.26. The fraction of sp³-hybridized carbons (Fsp3) is 0.533. The third kappa shape index (κ3) is 3.22. The molecule has 110 valence electrons. The average Bonchev–Trinajstić information content (AvgIpc) is 2.47. The summed E-state index contributed by atoms with van der Waals surface area (Å²) in [7, 11) is 1.52. The Labute approximate surface area is 119 Å². The highest BCUT2D eigenvalue weighted by atomic mass is 16.5. The van der Waals surface area contributed by atoms with Crippen molar-refractivity contribution in [2.75, 3.05) is 26.8 Å². The van der Waals surface area contributed by atoms with Crippen LogP contribution in [0.3, 0.4) is 0 Å². The minimum absolute atomic E-state index is 0.0405. The first kappa shape index (κ1) is 14.7. The zero-order valence-corrected chi connectivity index (χ0v) is 12.0. The Bertz CT molecular complexity index is 467. The molecule has 0 aromatic heterocycles. The molecule has 1 saturated heterocycles. The highest BCUT2D eigenvalue weighted by molar-refractivity contribution is 5.97. The van der Waals surface area contributed by atoms with E-state index >= 15 is 0 Å². The first-order chi connectivity index (χ1) is 9.65. The molecular formula is C15H21NO4. The summed E-state index contributed by atoms with van der Waals surface area (Å²) in [5, 5.41) is 9.91. The lowest BCUT2D eigenvalue weighted by Crippen LogP contribution is -2.40. The van der Waals surface area contributed by atoms with Crippen molar-refractivity contribution in [3.05, 3.63) is 23.8 Å². The van der Waals surface area contributed by atoms with Gasteiger partial charge in [0.1, 0.15) is 11.5 Å². The van der Waals surface area contributed by atoms with Crippen LogP contribution in [-0.2, 0) is 4.74 Å². The van der Waals surface area contributed by atoms with E-state index in [1.54, 1.807) is 17.0 Å². The van der Waals surface area contributed by atoms with E-state index in [9.17, 15) is 9.90 Å². The number of piperidine rings is 1. The molecule has 0 bridgehead atoms. The molecule has 0 unspecified atom stereocenters. The second-order valence-electron chi connectivity index (χ2n) is 4.83. The minimum atomic E-state index is -0.139. The monoisotopic (exact) mass is 279 g/mol. The number of amides is 1. The third-order valence-corrected chi connectivity index (χ3v) is 3.57. The maximum absolute atomic E-state index is 12.4. The Morgan fingerprint density at radius 2 is 2.10 bits per heavy atom. The molecule has 2 rings (SSSR count). The summed E-state index contributed by atoms with van der Waals surface area (Å²) in [4.78, 5) is 14.1. The fourth-order valence-corrected chi connectivity index (χ4v) is 2.45. The number of phenols is 1. The molecule has 1 aliphatic rings. The number of nitrogens with zero attached hydrogens (tertiary/aromatic N) is 1. The molecule has 0 atom stereocenters. The lowest BCUT2D eigenvalue weighted by atomic mass is 10.1. The quantitative estimate of drug-likeness (QED) is 0.916. The van der Waals surface area contributed by atoms with Gasteiger partial charge in [0.2, 0.25) is 0 Å². The topological polar surface area (TPSA) is 59.0 Å². The van der Waals surface area contributed by atoms with Crippen LogP contribution in [0.25, 0.3) is 0 Å². The van der Waals surface area contributed by atoms with Gasteiger partial charge in [0, 0.05) is 25.8 Å². The van der Waals surface area contributed by atoms with E-state index in [2.05, 4.69) is 0 Å². The van der Waals surface area contributed by atoms with Crippen LogP contribution >= 0.6 is 0 Å². The summed E-state index contributed by atoms with van der Waals surface area (Å²) in [5.41, 5.74) is 0.320. The summed E-state index contributed by atoms with van der Waals surface area (Å²) >= 11 is 0. The number of likely N-dealkylation sites (tertiary alicyclic amines) is 1. The summed E-state index contributed by atoms with van der Waals surface area (Å²) in [6, 6.07) is 4.74. The third-order valence-electron chi connectivity index (χ3n) is 3.57. The number of carbonyl (C=O) groups excluding carboxylic acids is 1. The molecular weight excluding hydrogens is 258 g/mol. The highest BCUT2D eigenvalue weighted by Gasteiger charge is 2.25. The lowest BCUT2D eigenvalue weighted by Gasteiger charge is -2.32. The predicted molar refractivity (Wildman–Crippen MR) is 75.2 cm³/mol. The molecule has 1 aliphatic heterocycles. The molecule has 1 fully saturated rings. The molecule has 0 radical (unpaired) electrons. The van der Waals surface area contributed by atoms with Gasteiger partial charge in [-0.2, -0.15) is 0 Å². The standard InChI is InChI=1S/C15H21NO4/c1-3-20-11-6-8-16(9-7-11)15(18)13-5-4-12(19-2)10-14(13)17/h4-5,10-11,17H,3,6-9H2,1-2H3. The van der Waals surface area contributed by atoms with Gasteiger partial charge in [0.05, 0.1) is 18.8 Å². The summed E-state index contributed by atoms with van der Waals surface area (Å²) in [6.45, 7) is 4.01. The van der Waals surface area contributed by atoms with Crippen LogP contribution in [0.15, 0.2) is 18.2 Å². The van der Waals surface area contributed by atoms with Crippen molar-refractivity contribution >= 4 is 5.91 Å². The van der Waals surface area contributed by atoms with Gasteiger partial charge >= 0.3 is 0 Å². The molecule has 5 nitrogen and oxygen atoms in total. The Balaban J connectivity index is 2.02. The van der Waals surface area contributed by atoms with Crippen LogP contribution in [-0.4, -0.2) is 48.8 Å². The van der Waals surface area contributed by atoms with E-state index in [1.807, 2.05) is 6.92 Å². The first-order valence-corrected chi connectivity index (χ1v) is 6.93. The van der Waals surface area contributed by atoms with Crippen LogP contribution in [0, 0.1) is 0 Å². The molecule has 1 heterocycles. The van der Waals surface area contributed by atoms with Crippen LogP contribution < -0.4 is 4.74 Å². The van der Waals surface area contributed by atoms with Crippen LogP contribution in [0.4, 0.5) is 0 Å². The molecule has 1 amide bonds. The van der Waals surface area contributed by atoms with Crippen molar-refractivity contribution in [1.29, 1.82) is 0 Å². The molecule has 0 aliphatic carbocycles. The second kappa shape index (κ2) is 6.61. The van der Waals surface area contributed by atoms with Gasteiger partial charge in [-0.1, -0.05) is 0 Å². The number of methoxy groups -OCH3 is 1. The smallest absolute Gasteiger partial charge is 0.257 e. The fourth-order valence-electron chi connectivity index (χ4n) is 2.45. The average molecular weight is 279 g/mol. The molecule has 20 heavy (non-hydrogen) atoms. The summed E-state index contributed by atoms with van der Waals surface area (Å²) in [6.07, 6.45) is 1.93. The summed E-state index contributed by atoms with van der Waals surface area (Å²) < 4.78 is 10.6. The number of aromatic hydroxyl groups is 1. The zero-order chi connectivity index (χ0) is 14.5. The van der Waals surface area contributed by atoms with Gasteiger partial charge in [-0.15, -0.1) is 0 Å². The number of carbonyl (C=O) groups is 1. The molecule has 0 saturated carbocycles. The van der Waals surface area contributed by atoms with Crippen molar-refractivity contribution in [3.8, 4) is 11.5 Å². The Morgan fingerprint density at radius 3 is 2.65 bits per heavy atom. The van der Waals surface area contributed by atoms with E-state index in [0.717, 1.165) is 12.8 Å². The number of hydrogen-bond donors (Lipinski definition) is 1. The van der Waals surface area contributed by atoms with Gasteiger partial charge in [-0.3, -0.25) is 4.79 Å². The van der Waals surface area contributed by atoms with Crippen LogP contribution in [0.2, 0.25) is 0 Å².